The van der Waals surface area contributed by atoms with Crippen molar-refractivity contribution in [3.05, 3.63) is 0 Å². The van der Waals surface area contributed by atoms with E-state index in [-0.39, 0.29) is 5.97 Å². The highest BCUT2D eigenvalue weighted by Gasteiger charge is 2.39. The van der Waals surface area contributed by atoms with Crippen LogP contribution in [0.1, 0.15) is 66.2 Å². The topological polar surface area (TPSA) is 41.6 Å². The van der Waals surface area contributed by atoms with Gasteiger partial charge in [0.25, 0.3) is 0 Å². The van der Waals surface area contributed by atoms with E-state index in [4.69, 9.17) is 4.74 Å². The summed E-state index contributed by atoms with van der Waals surface area (Å²) in [5.74, 6) is -0.0961. The summed E-state index contributed by atoms with van der Waals surface area (Å²) in [6.45, 7) is 9.85. The molecule has 0 radical (unpaired) electrons. The van der Waals surface area contributed by atoms with Gasteiger partial charge in [-0.2, -0.15) is 0 Å². The van der Waals surface area contributed by atoms with Crippen LogP contribution in [-0.2, 0) is 9.53 Å². The predicted octanol–water partition coefficient (Wildman–Crippen LogP) is 2.96. The van der Waals surface area contributed by atoms with Crippen LogP contribution in [0.2, 0.25) is 0 Å². The summed E-state index contributed by atoms with van der Waals surface area (Å²) in [6, 6.07) is 1.12. The van der Waals surface area contributed by atoms with Crippen molar-refractivity contribution in [3.8, 4) is 0 Å². The molecule has 0 spiro atoms. The fourth-order valence-corrected chi connectivity index (χ4v) is 2.74. The van der Waals surface area contributed by atoms with E-state index >= 15 is 0 Å². The van der Waals surface area contributed by atoms with Gasteiger partial charge in [-0.15, -0.1) is 0 Å². The van der Waals surface area contributed by atoms with Gasteiger partial charge in [-0.3, -0.25) is 10.1 Å². The minimum atomic E-state index is -0.522. The minimum absolute atomic E-state index is 0.0961. The molecule has 0 heterocycles. The van der Waals surface area contributed by atoms with Crippen molar-refractivity contribution in [3.63, 3.8) is 0 Å². The molecule has 21 heavy (non-hydrogen) atoms. The Morgan fingerprint density at radius 3 is 2.62 bits per heavy atom. The first-order chi connectivity index (χ1) is 9.92. The first-order valence-electron chi connectivity index (χ1n) is 8.58. The Labute approximate surface area is 130 Å². The molecule has 0 aliphatic heterocycles. The predicted molar refractivity (Wildman–Crippen MR) is 87.4 cm³/mol. The van der Waals surface area contributed by atoms with Crippen LogP contribution < -0.4 is 5.32 Å². The summed E-state index contributed by atoms with van der Waals surface area (Å²) in [4.78, 5) is 14.6. The van der Waals surface area contributed by atoms with Gasteiger partial charge in [0, 0.05) is 12.1 Å². The second-order valence-corrected chi connectivity index (χ2v) is 6.69. The van der Waals surface area contributed by atoms with Crippen LogP contribution >= 0.6 is 0 Å². The first kappa shape index (κ1) is 18.4. The molecule has 4 nitrogen and oxygen atoms in total. The average molecular weight is 298 g/mol. The molecule has 1 aliphatic rings. The Balaban J connectivity index is 2.43. The maximum Gasteiger partial charge on any atom is 0.326 e. The third kappa shape index (κ3) is 6.35. The highest BCUT2D eigenvalue weighted by atomic mass is 16.5. The van der Waals surface area contributed by atoms with Crippen LogP contribution in [0.15, 0.2) is 0 Å². The lowest BCUT2D eigenvalue weighted by molar-refractivity contribution is -0.151. The van der Waals surface area contributed by atoms with Crippen molar-refractivity contribution in [2.24, 2.45) is 0 Å². The molecule has 1 saturated carbocycles. The van der Waals surface area contributed by atoms with Crippen LogP contribution in [0, 0.1) is 0 Å². The number of carbonyl (C=O) groups excluding carboxylic acids is 1. The number of nitrogens with zero attached hydrogens (tertiary/aromatic N) is 1. The fraction of sp³-hybridized carbons (Fsp3) is 0.941. The van der Waals surface area contributed by atoms with Crippen LogP contribution in [0.5, 0.6) is 0 Å². The zero-order valence-electron chi connectivity index (χ0n) is 14.6. The van der Waals surface area contributed by atoms with E-state index in [0.717, 1.165) is 19.4 Å². The van der Waals surface area contributed by atoms with E-state index in [0.29, 0.717) is 18.7 Å². The van der Waals surface area contributed by atoms with Crippen molar-refractivity contribution in [1.29, 1.82) is 0 Å². The third-order valence-corrected chi connectivity index (χ3v) is 4.47. The first-order valence-corrected chi connectivity index (χ1v) is 8.58. The minimum Gasteiger partial charge on any atom is -0.465 e. The smallest absolute Gasteiger partial charge is 0.326 e. The molecule has 0 amide bonds. The summed E-state index contributed by atoms with van der Waals surface area (Å²) in [7, 11) is 2.18. The van der Waals surface area contributed by atoms with Gasteiger partial charge in [0.05, 0.1) is 6.61 Å². The standard InChI is InChI=1S/C17H34N2O2/c1-6-9-14(3)19(5)13-8-12-17(4,16(20)21-7-2)18-15-10-11-15/h14-15,18H,6-13H2,1-5H3. The molecule has 0 aromatic carbocycles. The monoisotopic (exact) mass is 298 g/mol. The zero-order chi connectivity index (χ0) is 15.9. The Morgan fingerprint density at radius 1 is 1.43 bits per heavy atom. The number of nitrogens with one attached hydrogen (secondary N) is 1. The molecule has 2 unspecified atom stereocenters. The van der Waals surface area contributed by atoms with Gasteiger partial charge >= 0.3 is 5.97 Å². The number of esters is 1. The maximum atomic E-state index is 12.2. The number of hydrogen-bond acceptors (Lipinski definition) is 4. The van der Waals surface area contributed by atoms with Gasteiger partial charge in [-0.25, -0.2) is 0 Å². The molecular formula is C17H34N2O2. The summed E-state index contributed by atoms with van der Waals surface area (Å²) >= 11 is 0. The molecule has 1 rings (SSSR count). The van der Waals surface area contributed by atoms with Gasteiger partial charge in [-0.1, -0.05) is 13.3 Å². The molecule has 2 atom stereocenters. The lowest BCUT2D eigenvalue weighted by atomic mass is 9.95. The van der Waals surface area contributed by atoms with E-state index in [1.807, 2.05) is 13.8 Å². The molecule has 0 aromatic heterocycles. The van der Waals surface area contributed by atoms with Crippen molar-refractivity contribution in [1.82, 2.24) is 10.2 Å². The number of rotatable bonds is 11. The fourth-order valence-electron chi connectivity index (χ4n) is 2.74. The number of carbonyl (C=O) groups is 1. The maximum absolute atomic E-state index is 12.2. The Hall–Kier alpha value is -0.610. The lowest BCUT2D eigenvalue weighted by Crippen LogP contribution is -2.51. The van der Waals surface area contributed by atoms with Crippen molar-refractivity contribution in [2.75, 3.05) is 20.2 Å². The average Bonchev–Trinajstić information content (AvgIpc) is 3.22. The zero-order valence-corrected chi connectivity index (χ0v) is 14.6. The van der Waals surface area contributed by atoms with Crippen molar-refractivity contribution in [2.45, 2.75) is 83.8 Å². The number of ether oxygens (including phenoxy) is 1. The molecule has 0 bridgehead atoms. The molecule has 1 N–H and O–H groups in total. The highest BCUT2D eigenvalue weighted by molar-refractivity contribution is 5.80. The molecule has 1 aliphatic carbocycles. The summed E-state index contributed by atoms with van der Waals surface area (Å²) < 4.78 is 5.26. The van der Waals surface area contributed by atoms with Crippen LogP contribution in [0.4, 0.5) is 0 Å². The third-order valence-electron chi connectivity index (χ3n) is 4.47. The molecular weight excluding hydrogens is 264 g/mol. The van der Waals surface area contributed by atoms with Gasteiger partial charge in [0.15, 0.2) is 0 Å². The van der Waals surface area contributed by atoms with Gasteiger partial charge in [0.2, 0.25) is 0 Å². The normalized spacial score (nSPS) is 19.3. The largest absolute Gasteiger partial charge is 0.465 e. The highest BCUT2D eigenvalue weighted by Crippen LogP contribution is 2.26. The van der Waals surface area contributed by atoms with Crippen LogP contribution in [0.3, 0.4) is 0 Å². The Bertz CT molecular complexity index is 318. The number of hydrogen-bond donors (Lipinski definition) is 1. The molecule has 1 fully saturated rings. The second kappa shape index (κ2) is 8.74. The molecule has 4 heteroatoms. The van der Waals surface area contributed by atoms with Crippen LogP contribution in [-0.4, -0.2) is 48.7 Å². The van der Waals surface area contributed by atoms with E-state index in [9.17, 15) is 4.79 Å². The summed E-state index contributed by atoms with van der Waals surface area (Å²) in [6.07, 6.45) is 6.66. The lowest BCUT2D eigenvalue weighted by Gasteiger charge is -2.30. The van der Waals surface area contributed by atoms with Gasteiger partial charge in [-0.05, 0) is 66.5 Å². The molecule has 0 saturated heterocycles. The van der Waals surface area contributed by atoms with E-state index in [2.05, 4.69) is 31.1 Å². The molecule has 0 aromatic rings. The van der Waals surface area contributed by atoms with E-state index in [1.165, 1.54) is 25.7 Å². The van der Waals surface area contributed by atoms with E-state index < -0.39 is 5.54 Å². The summed E-state index contributed by atoms with van der Waals surface area (Å²) in [5, 5.41) is 3.49. The quantitative estimate of drug-likeness (QED) is 0.596. The van der Waals surface area contributed by atoms with Crippen LogP contribution in [0.25, 0.3) is 0 Å². The Morgan fingerprint density at radius 2 is 2.10 bits per heavy atom. The Kier molecular flexibility index (Phi) is 7.67. The van der Waals surface area contributed by atoms with Crippen molar-refractivity contribution < 1.29 is 9.53 Å². The summed E-state index contributed by atoms with van der Waals surface area (Å²) in [5.41, 5.74) is -0.522. The van der Waals surface area contributed by atoms with Crippen molar-refractivity contribution >= 4 is 5.97 Å². The van der Waals surface area contributed by atoms with Gasteiger partial charge in [0.1, 0.15) is 5.54 Å². The molecule has 124 valence electrons. The van der Waals surface area contributed by atoms with E-state index in [1.54, 1.807) is 0 Å². The second-order valence-electron chi connectivity index (χ2n) is 6.69. The van der Waals surface area contributed by atoms with Gasteiger partial charge < -0.3 is 9.64 Å². The SMILES string of the molecule is CCCC(C)N(C)CCCC(C)(NC1CC1)C(=O)OCC.